The van der Waals surface area contributed by atoms with E-state index in [0.29, 0.717) is 0 Å². The van der Waals surface area contributed by atoms with Crippen LogP contribution in [-0.4, -0.2) is 36.5 Å². The van der Waals surface area contributed by atoms with Crippen molar-refractivity contribution in [2.45, 2.75) is 25.3 Å². The minimum Gasteiger partial charge on any atom is -0.341 e. The molecule has 2 aromatic rings. The van der Waals surface area contributed by atoms with Gasteiger partial charge in [0.25, 0.3) is 5.91 Å². The van der Waals surface area contributed by atoms with Gasteiger partial charge < -0.3 is 10.2 Å². The van der Waals surface area contributed by atoms with E-state index in [2.05, 4.69) is 46.3 Å². The Kier molecular flexibility index (Phi) is 6.25. The van der Waals surface area contributed by atoms with Crippen molar-refractivity contribution in [2.24, 2.45) is 0 Å². The lowest BCUT2D eigenvalue weighted by molar-refractivity contribution is -0.116. The maximum Gasteiger partial charge on any atom is 0.296 e. The van der Waals surface area contributed by atoms with Gasteiger partial charge in [-0.05, 0) is 43.5 Å². The van der Waals surface area contributed by atoms with Crippen LogP contribution in [0.5, 0.6) is 0 Å². The second-order valence-corrected chi connectivity index (χ2v) is 6.46. The molecule has 1 aliphatic rings. The van der Waals surface area contributed by atoms with Crippen molar-refractivity contribution in [1.82, 2.24) is 10.2 Å². The van der Waals surface area contributed by atoms with Gasteiger partial charge in [-0.1, -0.05) is 54.5 Å². The molecule has 0 aliphatic carbocycles. The number of carbonyl (C=O) groups excluding carboxylic acids is 1. The van der Waals surface area contributed by atoms with Gasteiger partial charge in [0, 0.05) is 30.6 Å². The lowest BCUT2D eigenvalue weighted by atomic mass is 10.0. The Bertz CT molecular complexity index is 731. The zero-order valence-electron chi connectivity index (χ0n) is 14.4. The topological polar surface area (TPSA) is 32.3 Å². The molecule has 1 N–H and O–H groups in total. The number of hydrogen-bond acceptors (Lipinski definition) is 2. The first-order valence-electron chi connectivity index (χ1n) is 8.93. The third kappa shape index (κ3) is 5.77. The molecule has 1 amide bonds. The number of carbonyl (C=O) groups is 1. The first-order valence-corrected chi connectivity index (χ1v) is 8.93. The number of rotatable bonds is 4. The average Bonchev–Trinajstić information content (AvgIpc) is 2.67. The molecule has 25 heavy (non-hydrogen) atoms. The predicted molar refractivity (Wildman–Crippen MR) is 101 cm³/mol. The summed E-state index contributed by atoms with van der Waals surface area (Å²) in [6.07, 6.45) is 3.20. The Hall–Kier alpha value is -2.57. The van der Waals surface area contributed by atoms with E-state index in [1.165, 1.54) is 5.56 Å². The second kappa shape index (κ2) is 9.05. The molecule has 0 aromatic heterocycles. The molecule has 0 bridgehead atoms. The summed E-state index contributed by atoms with van der Waals surface area (Å²) in [5.74, 6) is 5.43. The van der Waals surface area contributed by atoms with Gasteiger partial charge in [-0.2, -0.15) is 0 Å². The first kappa shape index (κ1) is 17.3. The summed E-state index contributed by atoms with van der Waals surface area (Å²) >= 11 is 0. The molecule has 0 spiro atoms. The SMILES string of the molecule is O=C(C#Cc1ccccc1)N[C@@H]1CCCN(CCc2ccccc2)C1. The zero-order valence-corrected chi connectivity index (χ0v) is 14.4. The summed E-state index contributed by atoms with van der Waals surface area (Å²) in [6.45, 7) is 3.05. The number of hydrogen-bond donors (Lipinski definition) is 1. The molecule has 2 aromatic carbocycles. The van der Waals surface area contributed by atoms with Crippen molar-refractivity contribution < 1.29 is 4.79 Å². The smallest absolute Gasteiger partial charge is 0.296 e. The normalized spacial score (nSPS) is 17.4. The maximum absolute atomic E-state index is 12.1. The highest BCUT2D eigenvalue weighted by Crippen LogP contribution is 2.11. The highest BCUT2D eigenvalue weighted by atomic mass is 16.1. The number of benzene rings is 2. The summed E-state index contributed by atoms with van der Waals surface area (Å²) in [5.41, 5.74) is 2.23. The minimum absolute atomic E-state index is 0.182. The predicted octanol–water partition coefficient (Wildman–Crippen LogP) is 2.86. The fraction of sp³-hybridized carbons (Fsp3) is 0.318. The van der Waals surface area contributed by atoms with Crippen molar-refractivity contribution in [3.63, 3.8) is 0 Å². The van der Waals surface area contributed by atoms with Crippen LogP contribution in [0.3, 0.4) is 0 Å². The number of nitrogens with one attached hydrogen (secondary N) is 1. The van der Waals surface area contributed by atoms with Crippen LogP contribution in [-0.2, 0) is 11.2 Å². The molecule has 0 radical (unpaired) electrons. The van der Waals surface area contributed by atoms with E-state index in [1.807, 2.05) is 36.4 Å². The summed E-state index contributed by atoms with van der Waals surface area (Å²) in [4.78, 5) is 14.5. The highest BCUT2D eigenvalue weighted by molar-refractivity contribution is 5.94. The molecule has 3 heteroatoms. The fourth-order valence-corrected chi connectivity index (χ4v) is 3.18. The van der Waals surface area contributed by atoms with E-state index >= 15 is 0 Å². The van der Waals surface area contributed by atoms with Crippen LogP contribution in [0.15, 0.2) is 60.7 Å². The van der Waals surface area contributed by atoms with E-state index in [-0.39, 0.29) is 11.9 Å². The minimum atomic E-state index is -0.182. The Morgan fingerprint density at radius 1 is 1.08 bits per heavy atom. The molecule has 1 saturated heterocycles. The van der Waals surface area contributed by atoms with Crippen LogP contribution in [0.25, 0.3) is 0 Å². The maximum atomic E-state index is 12.1. The Morgan fingerprint density at radius 3 is 2.56 bits per heavy atom. The number of amides is 1. The number of likely N-dealkylation sites (tertiary alicyclic amines) is 1. The van der Waals surface area contributed by atoms with Gasteiger partial charge in [0.15, 0.2) is 0 Å². The summed E-state index contributed by atoms with van der Waals surface area (Å²) in [7, 11) is 0. The van der Waals surface area contributed by atoms with Crippen LogP contribution in [0, 0.1) is 11.8 Å². The summed E-state index contributed by atoms with van der Waals surface area (Å²) in [6, 6.07) is 20.4. The lowest BCUT2D eigenvalue weighted by Gasteiger charge is -2.32. The van der Waals surface area contributed by atoms with Gasteiger partial charge in [0.1, 0.15) is 0 Å². The standard InChI is InChI=1S/C22H24N2O/c25-22(14-13-19-8-3-1-4-9-19)23-21-12-7-16-24(18-21)17-15-20-10-5-2-6-11-20/h1-6,8-11,21H,7,12,15-18H2,(H,23,25)/t21-/m1/s1. The van der Waals surface area contributed by atoms with Crippen LogP contribution >= 0.6 is 0 Å². The molecule has 128 valence electrons. The van der Waals surface area contributed by atoms with E-state index in [4.69, 9.17) is 0 Å². The quantitative estimate of drug-likeness (QED) is 0.873. The van der Waals surface area contributed by atoms with Crippen LogP contribution in [0.1, 0.15) is 24.0 Å². The summed E-state index contributed by atoms with van der Waals surface area (Å²) < 4.78 is 0. The van der Waals surface area contributed by atoms with E-state index in [1.54, 1.807) is 0 Å². The van der Waals surface area contributed by atoms with Crippen LogP contribution in [0.2, 0.25) is 0 Å². The molecule has 0 unspecified atom stereocenters. The van der Waals surface area contributed by atoms with Crippen molar-refractivity contribution in [2.75, 3.05) is 19.6 Å². The van der Waals surface area contributed by atoms with Crippen molar-refractivity contribution in [3.05, 3.63) is 71.8 Å². The van der Waals surface area contributed by atoms with Gasteiger partial charge in [-0.25, -0.2) is 0 Å². The van der Waals surface area contributed by atoms with Gasteiger partial charge in [-0.3, -0.25) is 4.79 Å². The van der Waals surface area contributed by atoms with Crippen LogP contribution in [0.4, 0.5) is 0 Å². The second-order valence-electron chi connectivity index (χ2n) is 6.46. The molecule has 1 heterocycles. The third-order valence-electron chi connectivity index (χ3n) is 4.49. The van der Waals surface area contributed by atoms with Gasteiger partial charge >= 0.3 is 0 Å². The van der Waals surface area contributed by atoms with E-state index in [0.717, 1.165) is 44.5 Å². The van der Waals surface area contributed by atoms with Gasteiger partial charge in [-0.15, -0.1) is 0 Å². The third-order valence-corrected chi connectivity index (χ3v) is 4.49. The van der Waals surface area contributed by atoms with Crippen molar-refractivity contribution >= 4 is 5.91 Å². The Balaban J connectivity index is 1.46. The molecule has 1 fully saturated rings. The fourth-order valence-electron chi connectivity index (χ4n) is 3.18. The zero-order chi connectivity index (χ0) is 17.3. The molecule has 3 rings (SSSR count). The first-order chi connectivity index (χ1) is 12.3. The van der Waals surface area contributed by atoms with Crippen molar-refractivity contribution in [3.8, 4) is 11.8 Å². The molecule has 0 saturated carbocycles. The Labute approximate surface area is 150 Å². The lowest BCUT2D eigenvalue weighted by Crippen LogP contribution is -2.47. The molecular weight excluding hydrogens is 308 g/mol. The average molecular weight is 332 g/mol. The van der Waals surface area contributed by atoms with Crippen LogP contribution < -0.4 is 5.32 Å². The number of nitrogens with zero attached hydrogens (tertiary/aromatic N) is 1. The molecular formula is C22H24N2O. The molecule has 3 nitrogen and oxygen atoms in total. The van der Waals surface area contributed by atoms with Crippen molar-refractivity contribution in [1.29, 1.82) is 0 Å². The number of piperidine rings is 1. The largest absolute Gasteiger partial charge is 0.341 e. The highest BCUT2D eigenvalue weighted by Gasteiger charge is 2.20. The summed E-state index contributed by atoms with van der Waals surface area (Å²) in [5, 5.41) is 3.06. The molecule has 1 aliphatic heterocycles. The van der Waals surface area contributed by atoms with E-state index in [9.17, 15) is 4.79 Å². The van der Waals surface area contributed by atoms with Gasteiger partial charge in [0.2, 0.25) is 0 Å². The van der Waals surface area contributed by atoms with Gasteiger partial charge in [0.05, 0.1) is 0 Å². The monoisotopic (exact) mass is 332 g/mol. The Morgan fingerprint density at radius 2 is 1.80 bits per heavy atom. The molecule has 1 atom stereocenters. The van der Waals surface area contributed by atoms with E-state index < -0.39 is 0 Å².